The molecule has 0 aromatic heterocycles. The summed E-state index contributed by atoms with van der Waals surface area (Å²) in [4.78, 5) is 0. The average Bonchev–Trinajstić information content (AvgIpc) is 2.28. The van der Waals surface area contributed by atoms with Crippen LogP contribution in [0.4, 0.5) is 0 Å². The van der Waals surface area contributed by atoms with E-state index in [1.54, 1.807) is 0 Å². The van der Waals surface area contributed by atoms with Crippen molar-refractivity contribution in [3.63, 3.8) is 0 Å². The van der Waals surface area contributed by atoms with E-state index < -0.39 is 0 Å². The molecule has 1 rings (SSSR count). The number of dihydropyridines is 1. The van der Waals surface area contributed by atoms with E-state index in [0.717, 1.165) is 24.2 Å². The molecule has 0 aliphatic carbocycles. The average molecular weight is 213 g/mol. The van der Waals surface area contributed by atoms with Crippen molar-refractivity contribution in [3.05, 3.63) is 72.7 Å². The number of hydrogen-bond donors (Lipinski definition) is 1. The van der Waals surface area contributed by atoms with Crippen LogP contribution in [0.1, 0.15) is 19.8 Å². The highest BCUT2D eigenvalue weighted by Gasteiger charge is 1.94. The second-order valence-electron chi connectivity index (χ2n) is 3.57. The molecule has 16 heavy (non-hydrogen) atoms. The van der Waals surface area contributed by atoms with Crippen molar-refractivity contribution in [3.8, 4) is 0 Å². The van der Waals surface area contributed by atoms with E-state index >= 15 is 0 Å². The monoisotopic (exact) mass is 213 g/mol. The van der Waals surface area contributed by atoms with Crippen LogP contribution < -0.4 is 5.32 Å². The van der Waals surface area contributed by atoms with Crippen LogP contribution >= 0.6 is 0 Å². The zero-order valence-electron chi connectivity index (χ0n) is 9.82. The molecule has 0 fully saturated rings. The van der Waals surface area contributed by atoms with Gasteiger partial charge in [-0.2, -0.15) is 0 Å². The first-order valence-electron chi connectivity index (χ1n) is 5.61. The minimum atomic E-state index is 0.930. The summed E-state index contributed by atoms with van der Waals surface area (Å²) in [7, 11) is 0. The fourth-order valence-corrected chi connectivity index (χ4v) is 1.33. The number of allylic oxidation sites excluding steroid dienone is 9. The lowest BCUT2D eigenvalue weighted by Crippen LogP contribution is -2.10. The lowest BCUT2D eigenvalue weighted by atomic mass is 10.2. The van der Waals surface area contributed by atoms with Gasteiger partial charge >= 0.3 is 0 Å². The Morgan fingerprint density at radius 3 is 2.81 bits per heavy atom. The molecule has 0 bridgehead atoms. The molecule has 1 heteroatoms. The maximum atomic E-state index is 3.84. The normalized spacial score (nSPS) is 16.3. The third kappa shape index (κ3) is 5.20. The van der Waals surface area contributed by atoms with Gasteiger partial charge in [0.05, 0.1) is 0 Å². The zero-order chi connectivity index (χ0) is 11.6. The number of hydrogen-bond acceptors (Lipinski definition) is 1. The van der Waals surface area contributed by atoms with Crippen molar-refractivity contribution in [2.24, 2.45) is 0 Å². The molecule has 0 aromatic rings. The van der Waals surface area contributed by atoms with E-state index in [0.29, 0.717) is 0 Å². The van der Waals surface area contributed by atoms with Gasteiger partial charge in [-0.1, -0.05) is 43.0 Å². The van der Waals surface area contributed by atoms with E-state index in [9.17, 15) is 0 Å². The molecular weight excluding hydrogens is 194 g/mol. The lowest BCUT2D eigenvalue weighted by Gasteiger charge is -2.09. The molecule has 0 radical (unpaired) electrons. The van der Waals surface area contributed by atoms with Gasteiger partial charge in [0.1, 0.15) is 0 Å². The first-order valence-corrected chi connectivity index (χ1v) is 5.61. The summed E-state index contributed by atoms with van der Waals surface area (Å²) in [6.07, 6.45) is 20.8. The molecule has 0 aromatic carbocycles. The predicted molar refractivity (Wildman–Crippen MR) is 71.8 cm³/mol. The Morgan fingerprint density at radius 2 is 2.06 bits per heavy atom. The van der Waals surface area contributed by atoms with Crippen molar-refractivity contribution in [2.75, 3.05) is 0 Å². The summed E-state index contributed by atoms with van der Waals surface area (Å²) in [5.74, 6) is 0. The Morgan fingerprint density at radius 1 is 1.25 bits per heavy atom. The molecule has 0 saturated carbocycles. The van der Waals surface area contributed by atoms with Crippen molar-refractivity contribution >= 4 is 0 Å². The fourth-order valence-electron chi connectivity index (χ4n) is 1.33. The number of unbranched alkanes of at least 4 members (excludes halogenated alkanes) is 1. The third-order valence-electron chi connectivity index (χ3n) is 2.14. The highest BCUT2D eigenvalue weighted by Crippen LogP contribution is 2.04. The molecule has 0 atom stereocenters. The van der Waals surface area contributed by atoms with Crippen LogP contribution in [-0.2, 0) is 0 Å². The molecule has 0 amide bonds. The summed E-state index contributed by atoms with van der Waals surface area (Å²) in [5, 5.41) is 3.18. The largest absolute Gasteiger partial charge is 0.356 e. The molecule has 1 aliphatic rings. The van der Waals surface area contributed by atoms with Gasteiger partial charge in [-0.15, -0.1) is 0 Å². The minimum Gasteiger partial charge on any atom is -0.356 e. The van der Waals surface area contributed by atoms with Gasteiger partial charge in [0.15, 0.2) is 0 Å². The Balaban J connectivity index is 2.29. The Hall–Kier alpha value is -1.76. The topological polar surface area (TPSA) is 12.0 Å². The maximum Gasteiger partial charge on any atom is 0.0384 e. The smallest absolute Gasteiger partial charge is 0.0384 e. The molecule has 1 nitrogen and oxygen atoms in total. The second kappa shape index (κ2) is 7.52. The van der Waals surface area contributed by atoms with E-state index in [-0.39, 0.29) is 0 Å². The van der Waals surface area contributed by atoms with Gasteiger partial charge in [-0.05, 0) is 38.0 Å². The summed E-state index contributed by atoms with van der Waals surface area (Å²) in [6.45, 7) is 5.89. The quantitative estimate of drug-likeness (QED) is 0.413. The third-order valence-corrected chi connectivity index (χ3v) is 2.14. The number of rotatable bonds is 5. The van der Waals surface area contributed by atoms with Gasteiger partial charge < -0.3 is 5.32 Å². The molecule has 1 N–H and O–H groups in total. The van der Waals surface area contributed by atoms with Crippen LogP contribution in [0, 0.1) is 0 Å². The highest BCUT2D eigenvalue weighted by molar-refractivity contribution is 5.35. The summed E-state index contributed by atoms with van der Waals surface area (Å²) >= 11 is 0. The van der Waals surface area contributed by atoms with Crippen molar-refractivity contribution in [1.29, 1.82) is 0 Å². The molecule has 0 saturated heterocycles. The van der Waals surface area contributed by atoms with Crippen LogP contribution in [0.3, 0.4) is 0 Å². The van der Waals surface area contributed by atoms with E-state index in [1.807, 2.05) is 37.3 Å². The second-order valence-corrected chi connectivity index (χ2v) is 3.57. The first kappa shape index (κ1) is 12.3. The zero-order valence-corrected chi connectivity index (χ0v) is 9.82. The molecule has 1 heterocycles. The standard InChI is InChI=1S/C15H19N/c1-3-4-5-6-7-8-9-12-15-13-10-11-14(2)16-15/h3-4,7-13,16H,2,5-6H2,1H3/b4-3-,8-7-,12-9-. The van der Waals surface area contributed by atoms with Gasteiger partial charge in [0.25, 0.3) is 0 Å². The van der Waals surface area contributed by atoms with Gasteiger partial charge in [-0.3, -0.25) is 0 Å². The SMILES string of the molecule is C=C1C=CC=C(/C=C\C=C/CC/C=C\C)N1. The molecular formula is C15H19N. The molecule has 0 spiro atoms. The predicted octanol–water partition coefficient (Wildman–Crippen LogP) is 4.01. The van der Waals surface area contributed by atoms with Crippen LogP contribution in [0.2, 0.25) is 0 Å². The van der Waals surface area contributed by atoms with Crippen molar-refractivity contribution in [1.82, 2.24) is 5.32 Å². The summed E-state index contributed by atoms with van der Waals surface area (Å²) in [5.41, 5.74) is 2.00. The number of nitrogens with one attached hydrogen (secondary N) is 1. The minimum absolute atomic E-state index is 0.930. The Kier molecular flexibility index (Phi) is 5.79. The van der Waals surface area contributed by atoms with Crippen molar-refractivity contribution < 1.29 is 0 Å². The maximum absolute atomic E-state index is 3.84. The molecule has 1 aliphatic heterocycles. The van der Waals surface area contributed by atoms with Crippen LogP contribution in [0.25, 0.3) is 0 Å². The fraction of sp³-hybridized carbons (Fsp3) is 0.200. The summed E-state index contributed by atoms with van der Waals surface area (Å²) in [6, 6.07) is 0. The lowest BCUT2D eigenvalue weighted by molar-refractivity contribution is 1.04. The van der Waals surface area contributed by atoms with Crippen LogP contribution in [0.15, 0.2) is 72.7 Å². The van der Waals surface area contributed by atoms with Crippen LogP contribution in [0.5, 0.6) is 0 Å². The molecule has 0 unspecified atom stereocenters. The van der Waals surface area contributed by atoms with Gasteiger partial charge in [0.2, 0.25) is 0 Å². The first-order chi connectivity index (χ1) is 7.83. The Bertz CT molecular complexity index is 365. The molecule has 84 valence electrons. The van der Waals surface area contributed by atoms with E-state index in [1.165, 1.54) is 0 Å². The highest BCUT2D eigenvalue weighted by atomic mass is 14.9. The Labute approximate surface area is 98.3 Å². The van der Waals surface area contributed by atoms with Crippen LogP contribution in [-0.4, -0.2) is 0 Å². The van der Waals surface area contributed by atoms with Crippen molar-refractivity contribution in [2.45, 2.75) is 19.8 Å². The van der Waals surface area contributed by atoms with E-state index in [4.69, 9.17) is 0 Å². The van der Waals surface area contributed by atoms with E-state index in [2.05, 4.69) is 36.2 Å². The van der Waals surface area contributed by atoms with Gasteiger partial charge in [0, 0.05) is 11.4 Å². The van der Waals surface area contributed by atoms with Gasteiger partial charge in [-0.25, -0.2) is 0 Å². The summed E-state index contributed by atoms with van der Waals surface area (Å²) < 4.78 is 0.